The molecular weight excluding hydrogens is 278 g/mol. The van der Waals surface area contributed by atoms with Gasteiger partial charge in [-0.25, -0.2) is 13.6 Å². The minimum absolute atomic E-state index is 0.372. The summed E-state index contributed by atoms with van der Waals surface area (Å²) in [6.45, 7) is 6.95. The Morgan fingerprint density at radius 2 is 2.05 bits per heavy atom. The van der Waals surface area contributed by atoms with Crippen molar-refractivity contribution in [3.63, 3.8) is 0 Å². The van der Waals surface area contributed by atoms with Crippen molar-refractivity contribution in [1.82, 2.24) is 10.2 Å². The molecule has 2 rings (SSSR count). The number of hydrogen-bond donors (Lipinski definition) is 1. The van der Waals surface area contributed by atoms with Crippen molar-refractivity contribution in [1.29, 1.82) is 0 Å². The molecule has 0 saturated carbocycles. The number of rotatable bonds is 1. The Kier molecular flexibility index (Phi) is 4.46. The molecule has 1 saturated heterocycles. The first-order valence-electron chi connectivity index (χ1n) is 6.93. The summed E-state index contributed by atoms with van der Waals surface area (Å²) in [6.07, 6.45) is -0.446. The number of nitrogens with one attached hydrogen (secondary N) is 1. The number of halogens is 2. The van der Waals surface area contributed by atoms with E-state index < -0.39 is 23.3 Å². The van der Waals surface area contributed by atoms with E-state index >= 15 is 0 Å². The summed E-state index contributed by atoms with van der Waals surface area (Å²) in [5.41, 5.74) is -0.0486. The summed E-state index contributed by atoms with van der Waals surface area (Å²) in [4.78, 5) is 13.8. The summed E-state index contributed by atoms with van der Waals surface area (Å²) in [5.74, 6) is -1.81. The van der Waals surface area contributed by atoms with E-state index in [4.69, 9.17) is 4.74 Å². The normalized spacial score (nSPS) is 19.5. The molecule has 0 aliphatic carbocycles. The molecule has 0 spiro atoms. The average Bonchev–Trinajstić information content (AvgIpc) is 2.40. The van der Waals surface area contributed by atoms with Gasteiger partial charge in [-0.05, 0) is 38.5 Å². The Morgan fingerprint density at radius 1 is 1.33 bits per heavy atom. The molecule has 1 aliphatic rings. The molecule has 21 heavy (non-hydrogen) atoms. The molecule has 1 aromatic rings. The van der Waals surface area contributed by atoms with Crippen molar-refractivity contribution in [3.05, 3.63) is 35.4 Å². The molecular formula is C15H20F2N2O2. The number of piperazine rings is 1. The Balaban J connectivity index is 2.22. The highest BCUT2D eigenvalue weighted by Crippen LogP contribution is 2.25. The highest BCUT2D eigenvalue weighted by Gasteiger charge is 2.31. The molecule has 6 heteroatoms. The molecule has 0 bridgehead atoms. The fourth-order valence-corrected chi connectivity index (χ4v) is 2.26. The van der Waals surface area contributed by atoms with Gasteiger partial charge in [0, 0.05) is 19.6 Å². The molecule has 1 atom stereocenters. The highest BCUT2D eigenvalue weighted by atomic mass is 19.2. The smallest absolute Gasteiger partial charge is 0.410 e. The molecule has 0 radical (unpaired) electrons. The topological polar surface area (TPSA) is 41.6 Å². The zero-order valence-corrected chi connectivity index (χ0v) is 12.5. The number of hydrogen-bond acceptors (Lipinski definition) is 3. The minimum atomic E-state index is -0.915. The predicted molar refractivity (Wildman–Crippen MR) is 74.9 cm³/mol. The average molecular weight is 298 g/mol. The maximum atomic E-state index is 13.4. The van der Waals surface area contributed by atoms with E-state index in [-0.39, 0.29) is 6.04 Å². The van der Waals surface area contributed by atoms with Crippen molar-refractivity contribution in [2.45, 2.75) is 32.4 Å². The van der Waals surface area contributed by atoms with Crippen LogP contribution in [-0.4, -0.2) is 36.2 Å². The molecule has 0 aromatic heterocycles. The van der Waals surface area contributed by atoms with Crippen molar-refractivity contribution in [2.24, 2.45) is 0 Å². The number of benzene rings is 1. The molecule has 116 valence electrons. The van der Waals surface area contributed by atoms with E-state index in [1.54, 1.807) is 25.7 Å². The van der Waals surface area contributed by atoms with Crippen LogP contribution in [0.3, 0.4) is 0 Å². The second-order valence-electron chi connectivity index (χ2n) is 6.07. The van der Waals surface area contributed by atoms with Gasteiger partial charge in [-0.2, -0.15) is 0 Å². The maximum Gasteiger partial charge on any atom is 0.410 e. The number of carbonyl (C=O) groups excluding carboxylic acids is 1. The second kappa shape index (κ2) is 5.97. The third-order valence-electron chi connectivity index (χ3n) is 3.20. The van der Waals surface area contributed by atoms with Crippen LogP contribution in [0.1, 0.15) is 32.4 Å². The van der Waals surface area contributed by atoms with Crippen LogP contribution in [0.5, 0.6) is 0 Å². The SMILES string of the molecule is CC(C)(C)OC(=O)N1CCNC[C@H]1c1ccc(F)c(F)c1. The van der Waals surface area contributed by atoms with Gasteiger partial charge in [0.25, 0.3) is 0 Å². The quantitative estimate of drug-likeness (QED) is 0.867. The summed E-state index contributed by atoms with van der Waals surface area (Å²) in [7, 11) is 0. The molecule has 0 unspecified atom stereocenters. The van der Waals surface area contributed by atoms with Crippen LogP contribution >= 0.6 is 0 Å². The van der Waals surface area contributed by atoms with Gasteiger partial charge in [-0.15, -0.1) is 0 Å². The Bertz CT molecular complexity index is 529. The van der Waals surface area contributed by atoms with Crippen molar-refractivity contribution < 1.29 is 18.3 Å². The second-order valence-corrected chi connectivity index (χ2v) is 6.07. The summed E-state index contributed by atoms with van der Waals surface area (Å²) in [6, 6.07) is 3.33. The largest absolute Gasteiger partial charge is 0.444 e. The zero-order valence-electron chi connectivity index (χ0n) is 12.5. The van der Waals surface area contributed by atoms with Gasteiger partial charge < -0.3 is 10.1 Å². The number of amides is 1. The minimum Gasteiger partial charge on any atom is -0.444 e. The third kappa shape index (κ3) is 3.91. The highest BCUT2D eigenvalue weighted by molar-refractivity contribution is 5.69. The van der Waals surface area contributed by atoms with E-state index in [0.29, 0.717) is 25.2 Å². The maximum absolute atomic E-state index is 13.4. The first-order chi connectivity index (χ1) is 9.78. The van der Waals surface area contributed by atoms with Crippen molar-refractivity contribution in [3.8, 4) is 0 Å². The summed E-state index contributed by atoms with van der Waals surface area (Å²) in [5, 5.41) is 3.15. The fraction of sp³-hybridized carbons (Fsp3) is 0.533. The third-order valence-corrected chi connectivity index (χ3v) is 3.20. The van der Waals surface area contributed by atoms with E-state index in [1.165, 1.54) is 6.07 Å². The predicted octanol–water partition coefficient (Wildman–Crippen LogP) is 2.85. The van der Waals surface area contributed by atoms with Gasteiger partial charge in [0.05, 0.1) is 6.04 Å². The van der Waals surface area contributed by atoms with E-state index in [0.717, 1.165) is 12.1 Å². The lowest BCUT2D eigenvalue weighted by atomic mass is 10.0. The van der Waals surface area contributed by atoms with E-state index in [1.807, 2.05) is 0 Å². The van der Waals surface area contributed by atoms with Crippen LogP contribution in [0.4, 0.5) is 13.6 Å². The monoisotopic (exact) mass is 298 g/mol. The lowest BCUT2D eigenvalue weighted by Crippen LogP contribution is -2.50. The van der Waals surface area contributed by atoms with Gasteiger partial charge in [-0.3, -0.25) is 4.90 Å². The molecule has 1 amide bonds. The Hall–Kier alpha value is -1.69. The van der Waals surface area contributed by atoms with Gasteiger partial charge in [-0.1, -0.05) is 6.07 Å². The van der Waals surface area contributed by atoms with Crippen LogP contribution in [0.15, 0.2) is 18.2 Å². The first-order valence-corrected chi connectivity index (χ1v) is 6.93. The van der Waals surface area contributed by atoms with Crippen LogP contribution in [0.25, 0.3) is 0 Å². The number of ether oxygens (including phenoxy) is 1. The lowest BCUT2D eigenvalue weighted by Gasteiger charge is -2.37. The van der Waals surface area contributed by atoms with Crippen LogP contribution in [-0.2, 0) is 4.74 Å². The standard InChI is InChI=1S/C15H20F2N2O2/c1-15(2,3)21-14(20)19-7-6-18-9-13(19)10-4-5-11(16)12(17)8-10/h4-5,8,13,18H,6-7,9H2,1-3H3/t13-/m0/s1. The van der Waals surface area contributed by atoms with Crippen LogP contribution < -0.4 is 5.32 Å². The molecule has 4 nitrogen and oxygen atoms in total. The van der Waals surface area contributed by atoms with Gasteiger partial charge >= 0.3 is 6.09 Å². The van der Waals surface area contributed by atoms with E-state index in [9.17, 15) is 13.6 Å². The molecule has 1 N–H and O–H groups in total. The molecule has 1 fully saturated rings. The summed E-state index contributed by atoms with van der Waals surface area (Å²) < 4.78 is 31.8. The number of carbonyl (C=O) groups is 1. The van der Waals surface area contributed by atoms with E-state index in [2.05, 4.69) is 5.32 Å². The van der Waals surface area contributed by atoms with Crippen LogP contribution in [0.2, 0.25) is 0 Å². The van der Waals surface area contributed by atoms with Gasteiger partial charge in [0.2, 0.25) is 0 Å². The van der Waals surface area contributed by atoms with Crippen molar-refractivity contribution >= 4 is 6.09 Å². The van der Waals surface area contributed by atoms with Gasteiger partial charge in [0.15, 0.2) is 11.6 Å². The first kappa shape index (κ1) is 15.7. The molecule has 1 aromatic carbocycles. The molecule has 1 aliphatic heterocycles. The lowest BCUT2D eigenvalue weighted by molar-refractivity contribution is 0.0117. The molecule has 1 heterocycles. The number of nitrogens with zero attached hydrogens (tertiary/aromatic N) is 1. The summed E-state index contributed by atoms with van der Waals surface area (Å²) >= 11 is 0. The Labute approximate surface area is 123 Å². The van der Waals surface area contributed by atoms with Crippen molar-refractivity contribution in [2.75, 3.05) is 19.6 Å². The van der Waals surface area contributed by atoms with Crippen LogP contribution in [0, 0.1) is 11.6 Å². The Morgan fingerprint density at radius 3 is 2.67 bits per heavy atom. The van der Waals surface area contributed by atoms with Gasteiger partial charge in [0.1, 0.15) is 5.60 Å². The fourth-order valence-electron chi connectivity index (χ4n) is 2.26. The zero-order chi connectivity index (χ0) is 15.6.